The molecular weight excluding hydrogens is 206 g/mol. The first kappa shape index (κ1) is 12.5. The van der Waals surface area contributed by atoms with Gasteiger partial charge in [0.05, 0.1) is 18.4 Å². The minimum absolute atomic E-state index is 0.222. The molecule has 2 unspecified atom stereocenters. The smallest absolute Gasteiger partial charge is 0.246 e. The van der Waals surface area contributed by atoms with Gasteiger partial charge in [-0.15, -0.1) is 0 Å². The Hall–Kier alpha value is -1.55. The molecule has 4 heteroatoms. The van der Waals surface area contributed by atoms with Crippen molar-refractivity contribution < 1.29 is 14.3 Å². The van der Waals surface area contributed by atoms with Gasteiger partial charge in [0.25, 0.3) is 0 Å². The van der Waals surface area contributed by atoms with Gasteiger partial charge in [0.15, 0.2) is 0 Å². The van der Waals surface area contributed by atoms with Crippen LogP contribution in [-0.4, -0.2) is 11.0 Å². The zero-order valence-corrected chi connectivity index (χ0v) is 9.78. The molecule has 16 heavy (non-hydrogen) atoms. The molecule has 1 aromatic heterocycles. The van der Waals surface area contributed by atoms with Gasteiger partial charge in [-0.05, 0) is 26.8 Å². The summed E-state index contributed by atoms with van der Waals surface area (Å²) in [7, 11) is 0. The Labute approximate surface area is 95.0 Å². The van der Waals surface area contributed by atoms with Crippen LogP contribution in [0, 0.1) is 0 Å². The fraction of sp³-hybridized carbons (Fsp3) is 0.417. The Morgan fingerprint density at radius 2 is 2.19 bits per heavy atom. The molecule has 2 N–H and O–H groups in total. The number of aliphatic hydroxyl groups is 1. The first-order valence-electron chi connectivity index (χ1n) is 5.15. The van der Waals surface area contributed by atoms with E-state index in [2.05, 4.69) is 11.9 Å². The van der Waals surface area contributed by atoms with Crippen molar-refractivity contribution in [3.05, 3.63) is 35.8 Å². The van der Waals surface area contributed by atoms with E-state index in [0.29, 0.717) is 16.9 Å². The Kier molecular flexibility index (Phi) is 3.90. The van der Waals surface area contributed by atoms with Crippen LogP contribution in [0.2, 0.25) is 0 Å². The van der Waals surface area contributed by atoms with E-state index in [1.54, 1.807) is 26.8 Å². The Balaban J connectivity index is 2.80. The first-order chi connectivity index (χ1) is 7.43. The normalized spacial score (nSPS) is 14.2. The zero-order valence-electron chi connectivity index (χ0n) is 9.78. The van der Waals surface area contributed by atoms with E-state index in [9.17, 15) is 9.90 Å². The molecular formula is C12H17NO3. The van der Waals surface area contributed by atoms with Gasteiger partial charge in [0.2, 0.25) is 5.91 Å². The fourth-order valence-electron chi connectivity index (χ4n) is 1.41. The predicted molar refractivity (Wildman–Crippen MR) is 60.7 cm³/mol. The number of furan rings is 1. The van der Waals surface area contributed by atoms with Crippen molar-refractivity contribution in [1.29, 1.82) is 0 Å². The number of amides is 1. The first-order valence-corrected chi connectivity index (χ1v) is 5.15. The van der Waals surface area contributed by atoms with Crippen molar-refractivity contribution in [2.24, 2.45) is 0 Å². The molecule has 4 nitrogen and oxygen atoms in total. The highest BCUT2D eigenvalue weighted by Gasteiger charge is 2.19. The highest BCUT2D eigenvalue weighted by atomic mass is 16.3. The molecule has 2 atom stereocenters. The molecule has 0 aromatic carbocycles. The summed E-state index contributed by atoms with van der Waals surface area (Å²) in [5.41, 5.74) is 1.13. The van der Waals surface area contributed by atoms with Crippen LogP contribution in [0.15, 0.2) is 28.9 Å². The maximum Gasteiger partial charge on any atom is 0.246 e. The predicted octanol–water partition coefficient (Wildman–Crippen LogP) is 2.09. The van der Waals surface area contributed by atoms with Crippen LogP contribution in [0.1, 0.15) is 44.2 Å². The molecule has 0 radical (unpaired) electrons. The van der Waals surface area contributed by atoms with E-state index in [1.165, 1.54) is 6.26 Å². The lowest BCUT2D eigenvalue weighted by Gasteiger charge is -2.14. The lowest BCUT2D eigenvalue weighted by Crippen LogP contribution is -2.27. The maximum absolute atomic E-state index is 11.4. The highest BCUT2D eigenvalue weighted by Crippen LogP contribution is 2.24. The molecule has 0 aliphatic heterocycles. The SMILES string of the molecule is C=C(C)C(=O)NC(C)c1occc1C(C)O. The van der Waals surface area contributed by atoms with Crippen molar-refractivity contribution in [3.8, 4) is 0 Å². The van der Waals surface area contributed by atoms with Crippen LogP contribution < -0.4 is 5.32 Å². The highest BCUT2D eigenvalue weighted by molar-refractivity contribution is 5.92. The number of carbonyl (C=O) groups excluding carboxylic acids is 1. The van der Waals surface area contributed by atoms with Crippen LogP contribution in [0.4, 0.5) is 0 Å². The second-order valence-electron chi connectivity index (χ2n) is 3.89. The molecule has 1 aromatic rings. The molecule has 1 heterocycles. The van der Waals surface area contributed by atoms with Crippen molar-refractivity contribution >= 4 is 5.91 Å². The van der Waals surface area contributed by atoms with Crippen molar-refractivity contribution in [3.63, 3.8) is 0 Å². The fourth-order valence-corrected chi connectivity index (χ4v) is 1.41. The van der Waals surface area contributed by atoms with Gasteiger partial charge < -0.3 is 14.8 Å². The lowest BCUT2D eigenvalue weighted by molar-refractivity contribution is -0.118. The van der Waals surface area contributed by atoms with Crippen LogP contribution >= 0.6 is 0 Å². The molecule has 0 bridgehead atoms. The van der Waals surface area contributed by atoms with Gasteiger partial charge in [-0.25, -0.2) is 0 Å². The lowest BCUT2D eigenvalue weighted by atomic mass is 10.1. The number of nitrogens with one attached hydrogen (secondary N) is 1. The van der Waals surface area contributed by atoms with E-state index in [1.807, 2.05) is 0 Å². The average Bonchev–Trinajstić information content (AvgIpc) is 2.65. The van der Waals surface area contributed by atoms with Crippen molar-refractivity contribution in [1.82, 2.24) is 5.32 Å². The topological polar surface area (TPSA) is 62.5 Å². The van der Waals surface area contributed by atoms with Gasteiger partial charge in [0.1, 0.15) is 5.76 Å². The molecule has 0 spiro atoms. The summed E-state index contributed by atoms with van der Waals surface area (Å²) in [6.45, 7) is 8.65. The molecule has 0 saturated heterocycles. The Morgan fingerprint density at radius 3 is 2.69 bits per heavy atom. The third kappa shape index (κ3) is 2.73. The van der Waals surface area contributed by atoms with Crippen molar-refractivity contribution in [2.45, 2.75) is 32.9 Å². The molecule has 88 valence electrons. The third-order valence-electron chi connectivity index (χ3n) is 2.31. The molecule has 0 fully saturated rings. The number of hydrogen-bond donors (Lipinski definition) is 2. The van der Waals surface area contributed by atoms with E-state index in [4.69, 9.17) is 4.42 Å². The molecule has 1 rings (SSSR count). The van der Waals surface area contributed by atoms with Gasteiger partial charge >= 0.3 is 0 Å². The van der Waals surface area contributed by atoms with Crippen LogP contribution in [0.25, 0.3) is 0 Å². The third-order valence-corrected chi connectivity index (χ3v) is 2.31. The number of hydrogen-bond acceptors (Lipinski definition) is 3. The second kappa shape index (κ2) is 4.99. The summed E-state index contributed by atoms with van der Waals surface area (Å²) in [6.07, 6.45) is 0.888. The van der Waals surface area contributed by atoms with Crippen LogP contribution in [0.5, 0.6) is 0 Å². The summed E-state index contributed by atoms with van der Waals surface area (Å²) in [4.78, 5) is 11.4. The quantitative estimate of drug-likeness (QED) is 0.768. The number of rotatable bonds is 4. The Morgan fingerprint density at radius 1 is 1.56 bits per heavy atom. The molecule has 0 saturated carbocycles. The molecule has 0 aliphatic rings. The van der Waals surface area contributed by atoms with E-state index < -0.39 is 6.10 Å². The maximum atomic E-state index is 11.4. The van der Waals surface area contributed by atoms with E-state index >= 15 is 0 Å². The van der Waals surface area contributed by atoms with Crippen LogP contribution in [-0.2, 0) is 4.79 Å². The number of carbonyl (C=O) groups is 1. The molecule has 1 amide bonds. The average molecular weight is 223 g/mol. The standard InChI is InChI=1S/C12H17NO3/c1-7(2)12(15)13-8(3)11-10(9(4)14)5-6-16-11/h5-6,8-9,14H,1H2,2-4H3,(H,13,15). The van der Waals surface area contributed by atoms with Gasteiger partial charge in [-0.2, -0.15) is 0 Å². The summed E-state index contributed by atoms with van der Waals surface area (Å²) in [5.74, 6) is 0.352. The van der Waals surface area contributed by atoms with Crippen molar-refractivity contribution in [2.75, 3.05) is 0 Å². The Bertz CT molecular complexity index is 393. The number of aliphatic hydroxyl groups excluding tert-OH is 1. The summed E-state index contributed by atoms with van der Waals surface area (Å²) >= 11 is 0. The monoisotopic (exact) mass is 223 g/mol. The van der Waals surface area contributed by atoms with Gasteiger partial charge in [-0.3, -0.25) is 4.79 Å². The van der Waals surface area contributed by atoms with Gasteiger partial charge in [0, 0.05) is 11.1 Å². The van der Waals surface area contributed by atoms with Crippen LogP contribution in [0.3, 0.4) is 0 Å². The largest absolute Gasteiger partial charge is 0.467 e. The molecule has 0 aliphatic carbocycles. The minimum atomic E-state index is -0.613. The summed E-state index contributed by atoms with van der Waals surface area (Å²) in [6, 6.07) is 1.41. The minimum Gasteiger partial charge on any atom is -0.467 e. The zero-order chi connectivity index (χ0) is 12.3. The van der Waals surface area contributed by atoms with Gasteiger partial charge in [-0.1, -0.05) is 6.58 Å². The summed E-state index contributed by atoms with van der Waals surface area (Å²) < 4.78 is 5.26. The second-order valence-corrected chi connectivity index (χ2v) is 3.89. The van der Waals surface area contributed by atoms with E-state index in [0.717, 1.165) is 0 Å². The summed E-state index contributed by atoms with van der Waals surface area (Å²) in [5, 5.41) is 12.2. The van der Waals surface area contributed by atoms with E-state index in [-0.39, 0.29) is 11.9 Å².